The van der Waals surface area contributed by atoms with E-state index in [0.717, 1.165) is 0 Å². The third kappa shape index (κ3) is 3.45. The Morgan fingerprint density at radius 2 is 2.11 bits per heavy atom. The second-order valence-electron chi connectivity index (χ2n) is 4.68. The summed E-state index contributed by atoms with van der Waals surface area (Å²) in [6.45, 7) is 0.704. The second-order valence-corrected chi connectivity index (χ2v) is 5.54. The summed E-state index contributed by atoms with van der Waals surface area (Å²) in [7, 11) is 0. The van der Waals surface area contributed by atoms with Gasteiger partial charge >= 0.3 is 5.63 Å². The standard InChI is InChI=1S/C13H16BrNO3/c14-11-6-10(8-18-13(11)17)12(16)15-7-9-4-2-1-3-5-9/h6,8-9H,1-5,7H2,(H,15,16). The van der Waals surface area contributed by atoms with E-state index in [1.165, 1.54) is 44.4 Å². The predicted molar refractivity (Wildman–Crippen MR) is 71.6 cm³/mol. The van der Waals surface area contributed by atoms with Gasteiger partial charge in [0.05, 0.1) is 5.56 Å². The number of nitrogens with one attached hydrogen (secondary N) is 1. The van der Waals surface area contributed by atoms with Crippen LogP contribution in [0.1, 0.15) is 42.5 Å². The van der Waals surface area contributed by atoms with Gasteiger partial charge in [-0.2, -0.15) is 0 Å². The number of rotatable bonds is 3. The summed E-state index contributed by atoms with van der Waals surface area (Å²) in [5, 5.41) is 2.89. The Bertz CT molecular complexity index is 477. The minimum atomic E-state index is -0.473. The van der Waals surface area contributed by atoms with Crippen molar-refractivity contribution in [1.82, 2.24) is 5.32 Å². The molecule has 1 heterocycles. The summed E-state index contributed by atoms with van der Waals surface area (Å²) in [5.74, 6) is 0.395. The molecular formula is C13H16BrNO3. The third-order valence-electron chi connectivity index (χ3n) is 3.31. The lowest BCUT2D eigenvalue weighted by molar-refractivity contribution is 0.0941. The molecule has 0 unspecified atom stereocenters. The smallest absolute Gasteiger partial charge is 0.350 e. The molecule has 0 spiro atoms. The first-order valence-corrected chi connectivity index (χ1v) is 7.02. The molecule has 0 saturated heterocycles. The van der Waals surface area contributed by atoms with Crippen LogP contribution < -0.4 is 10.9 Å². The van der Waals surface area contributed by atoms with Crippen molar-refractivity contribution >= 4 is 21.8 Å². The normalized spacial score (nSPS) is 16.5. The van der Waals surface area contributed by atoms with Crippen LogP contribution in [0, 0.1) is 5.92 Å². The average Bonchev–Trinajstić information content (AvgIpc) is 2.40. The van der Waals surface area contributed by atoms with E-state index >= 15 is 0 Å². The third-order valence-corrected chi connectivity index (χ3v) is 3.86. The number of hydrogen-bond donors (Lipinski definition) is 1. The Balaban J connectivity index is 1.90. The predicted octanol–water partition coefficient (Wildman–Crippen LogP) is 2.71. The molecule has 5 heteroatoms. The van der Waals surface area contributed by atoms with E-state index in [9.17, 15) is 9.59 Å². The lowest BCUT2D eigenvalue weighted by Crippen LogP contribution is -2.30. The zero-order valence-corrected chi connectivity index (χ0v) is 11.7. The minimum absolute atomic E-state index is 0.190. The van der Waals surface area contributed by atoms with Crippen LogP contribution in [0.5, 0.6) is 0 Å². The molecule has 1 aromatic rings. The van der Waals surface area contributed by atoms with Crippen LogP contribution in [0.4, 0.5) is 0 Å². The van der Waals surface area contributed by atoms with Gasteiger partial charge in [-0.25, -0.2) is 4.79 Å². The fourth-order valence-electron chi connectivity index (χ4n) is 2.25. The van der Waals surface area contributed by atoms with Crippen LogP contribution in [0.25, 0.3) is 0 Å². The number of hydrogen-bond acceptors (Lipinski definition) is 3. The molecule has 1 aromatic heterocycles. The molecule has 1 aliphatic carbocycles. The van der Waals surface area contributed by atoms with Crippen molar-refractivity contribution in [3.63, 3.8) is 0 Å². The Hall–Kier alpha value is -1.10. The van der Waals surface area contributed by atoms with Crippen molar-refractivity contribution in [2.24, 2.45) is 5.92 Å². The summed E-state index contributed by atoms with van der Waals surface area (Å²) in [6, 6.07) is 1.49. The van der Waals surface area contributed by atoms with Crippen molar-refractivity contribution < 1.29 is 9.21 Å². The van der Waals surface area contributed by atoms with E-state index in [2.05, 4.69) is 21.2 Å². The molecule has 0 bridgehead atoms. The summed E-state index contributed by atoms with van der Waals surface area (Å²) >= 11 is 3.06. The van der Waals surface area contributed by atoms with E-state index in [1.54, 1.807) is 0 Å². The Labute approximate surface area is 114 Å². The molecule has 0 atom stereocenters. The van der Waals surface area contributed by atoms with E-state index in [4.69, 9.17) is 4.42 Å². The Morgan fingerprint density at radius 3 is 2.78 bits per heavy atom. The molecule has 18 heavy (non-hydrogen) atoms. The highest BCUT2D eigenvalue weighted by atomic mass is 79.9. The van der Waals surface area contributed by atoms with Crippen molar-refractivity contribution in [2.45, 2.75) is 32.1 Å². The number of halogens is 1. The summed E-state index contributed by atoms with van der Waals surface area (Å²) < 4.78 is 5.01. The van der Waals surface area contributed by atoms with Gasteiger partial charge < -0.3 is 9.73 Å². The Kier molecular flexibility index (Phi) is 4.58. The van der Waals surface area contributed by atoms with Gasteiger partial charge in [0.2, 0.25) is 0 Å². The molecule has 1 saturated carbocycles. The lowest BCUT2D eigenvalue weighted by Gasteiger charge is -2.21. The van der Waals surface area contributed by atoms with Gasteiger partial charge in [-0.3, -0.25) is 4.79 Å². The van der Waals surface area contributed by atoms with Gasteiger partial charge in [0.25, 0.3) is 5.91 Å². The fourth-order valence-corrected chi connectivity index (χ4v) is 2.59. The van der Waals surface area contributed by atoms with Crippen LogP contribution in [0.3, 0.4) is 0 Å². The average molecular weight is 314 g/mol. The lowest BCUT2D eigenvalue weighted by atomic mass is 9.89. The van der Waals surface area contributed by atoms with E-state index in [-0.39, 0.29) is 10.4 Å². The first-order chi connectivity index (χ1) is 8.66. The molecule has 1 fully saturated rings. The SMILES string of the molecule is O=C(NCC1CCCCC1)c1coc(=O)c(Br)c1. The fraction of sp³-hybridized carbons (Fsp3) is 0.538. The van der Waals surface area contributed by atoms with Crippen molar-refractivity contribution in [3.05, 3.63) is 32.8 Å². The van der Waals surface area contributed by atoms with Gasteiger partial charge in [0.15, 0.2) is 0 Å². The zero-order valence-electron chi connectivity index (χ0n) is 10.1. The van der Waals surface area contributed by atoms with Crippen molar-refractivity contribution in [2.75, 3.05) is 6.54 Å². The highest BCUT2D eigenvalue weighted by Crippen LogP contribution is 2.22. The largest absolute Gasteiger partial charge is 0.430 e. The topological polar surface area (TPSA) is 59.3 Å². The second kappa shape index (κ2) is 6.18. The molecule has 98 valence electrons. The first kappa shape index (κ1) is 13.3. The van der Waals surface area contributed by atoms with Gasteiger partial charge in [-0.1, -0.05) is 19.3 Å². The first-order valence-electron chi connectivity index (χ1n) is 6.23. The van der Waals surface area contributed by atoms with Crippen molar-refractivity contribution in [3.8, 4) is 0 Å². The van der Waals surface area contributed by atoms with Gasteiger partial charge in [0.1, 0.15) is 10.7 Å². The van der Waals surface area contributed by atoms with Crippen LogP contribution in [0.15, 0.2) is 26.0 Å². The quantitative estimate of drug-likeness (QED) is 0.933. The maximum Gasteiger partial charge on any atom is 0.350 e. The van der Waals surface area contributed by atoms with E-state index in [1.807, 2.05) is 0 Å². The maximum atomic E-state index is 11.9. The van der Waals surface area contributed by atoms with Crippen LogP contribution in [-0.4, -0.2) is 12.5 Å². The monoisotopic (exact) mass is 313 g/mol. The molecular weight excluding hydrogens is 298 g/mol. The summed E-state index contributed by atoms with van der Waals surface area (Å²) in [4.78, 5) is 22.9. The van der Waals surface area contributed by atoms with E-state index < -0.39 is 5.63 Å². The van der Waals surface area contributed by atoms with Crippen LogP contribution >= 0.6 is 15.9 Å². The molecule has 0 aromatic carbocycles. The molecule has 1 amide bonds. The molecule has 0 radical (unpaired) electrons. The summed E-state index contributed by atoms with van der Waals surface area (Å²) in [6.07, 6.45) is 7.39. The molecule has 2 rings (SSSR count). The number of carbonyl (C=O) groups excluding carboxylic acids is 1. The van der Waals surface area contributed by atoms with Gasteiger partial charge in [0, 0.05) is 6.54 Å². The zero-order chi connectivity index (χ0) is 13.0. The van der Waals surface area contributed by atoms with Crippen LogP contribution in [-0.2, 0) is 0 Å². The molecule has 0 aliphatic heterocycles. The van der Waals surface area contributed by atoms with E-state index in [0.29, 0.717) is 18.0 Å². The number of carbonyl (C=O) groups is 1. The van der Waals surface area contributed by atoms with Crippen molar-refractivity contribution in [1.29, 1.82) is 0 Å². The molecule has 1 N–H and O–H groups in total. The minimum Gasteiger partial charge on any atom is -0.430 e. The Morgan fingerprint density at radius 1 is 1.39 bits per heavy atom. The highest BCUT2D eigenvalue weighted by Gasteiger charge is 2.15. The molecule has 1 aliphatic rings. The maximum absolute atomic E-state index is 11.9. The van der Waals surface area contributed by atoms with Crippen LogP contribution in [0.2, 0.25) is 0 Å². The highest BCUT2D eigenvalue weighted by molar-refractivity contribution is 9.10. The summed E-state index contributed by atoms with van der Waals surface area (Å²) in [5.41, 5.74) is -0.101. The molecule has 4 nitrogen and oxygen atoms in total. The van der Waals surface area contributed by atoms with Gasteiger partial charge in [-0.05, 0) is 40.8 Å². The number of amides is 1. The van der Waals surface area contributed by atoms with Gasteiger partial charge in [-0.15, -0.1) is 0 Å².